The summed E-state index contributed by atoms with van der Waals surface area (Å²) >= 11 is 0. The Hall–Kier alpha value is -3.39. The molecule has 1 aliphatic rings. The molecule has 1 saturated heterocycles. The first kappa shape index (κ1) is 27.2. The van der Waals surface area contributed by atoms with Gasteiger partial charge in [0.2, 0.25) is 0 Å². The van der Waals surface area contributed by atoms with Crippen LogP contribution in [0.15, 0.2) is 29.8 Å². The van der Waals surface area contributed by atoms with Crippen molar-refractivity contribution in [3.05, 3.63) is 63.5 Å². The normalized spacial score (nSPS) is 17.3. The van der Waals surface area contributed by atoms with Crippen LogP contribution in [0.3, 0.4) is 0 Å². The third-order valence-corrected chi connectivity index (χ3v) is 6.85. The zero-order valence-corrected chi connectivity index (χ0v) is 22.1. The fraction of sp³-hybridized carbons (Fsp3) is 0.464. The maximum Gasteiger partial charge on any atom is 0.355 e. The Kier molecular flexibility index (Phi) is 8.74. The number of H-pyrrole nitrogens is 1. The molecule has 1 aromatic carbocycles. The van der Waals surface area contributed by atoms with Crippen LogP contribution in [0.25, 0.3) is 5.76 Å². The number of amides is 1. The Morgan fingerprint density at radius 2 is 1.72 bits per heavy atom. The average molecular weight is 496 g/mol. The molecule has 2 N–H and O–H groups in total. The van der Waals surface area contributed by atoms with Crippen molar-refractivity contribution >= 4 is 23.4 Å². The molecule has 1 fully saturated rings. The highest BCUT2D eigenvalue weighted by Crippen LogP contribution is 2.41. The molecule has 1 aliphatic heterocycles. The average Bonchev–Trinajstić information content (AvgIpc) is 3.29. The highest BCUT2D eigenvalue weighted by molar-refractivity contribution is 6.46. The highest BCUT2D eigenvalue weighted by atomic mass is 16.5. The van der Waals surface area contributed by atoms with Gasteiger partial charge in [0.05, 0.1) is 18.2 Å². The molecule has 2 heterocycles. The Morgan fingerprint density at radius 3 is 2.31 bits per heavy atom. The van der Waals surface area contributed by atoms with E-state index < -0.39 is 23.7 Å². The third-order valence-electron chi connectivity index (χ3n) is 6.85. The largest absolute Gasteiger partial charge is 0.507 e. The number of benzene rings is 1. The minimum atomic E-state index is -0.724. The lowest BCUT2D eigenvalue weighted by atomic mass is 9.93. The molecule has 1 aromatic heterocycles. The van der Waals surface area contributed by atoms with Crippen molar-refractivity contribution in [1.29, 1.82) is 0 Å². The predicted octanol–water partition coefficient (Wildman–Crippen LogP) is 4.27. The van der Waals surface area contributed by atoms with E-state index in [1.54, 1.807) is 25.7 Å². The molecule has 0 unspecified atom stereocenters. The Bertz CT molecular complexity index is 1160. The number of hydrogen-bond donors (Lipinski definition) is 2. The number of likely N-dealkylation sites (tertiary alicyclic amines) is 1. The Morgan fingerprint density at radius 1 is 1.08 bits per heavy atom. The van der Waals surface area contributed by atoms with E-state index in [0.717, 1.165) is 30.8 Å². The van der Waals surface area contributed by atoms with Gasteiger partial charge >= 0.3 is 5.97 Å². The van der Waals surface area contributed by atoms with Gasteiger partial charge in [0.15, 0.2) is 0 Å². The van der Waals surface area contributed by atoms with E-state index in [4.69, 9.17) is 4.74 Å². The quantitative estimate of drug-likeness (QED) is 0.221. The first-order chi connectivity index (χ1) is 17.2. The van der Waals surface area contributed by atoms with Gasteiger partial charge in [0.25, 0.3) is 11.7 Å². The summed E-state index contributed by atoms with van der Waals surface area (Å²) in [5.74, 6) is -2.17. The number of carbonyl (C=O) groups is 3. The van der Waals surface area contributed by atoms with Crippen LogP contribution in [0.5, 0.6) is 0 Å². The molecule has 0 spiro atoms. The van der Waals surface area contributed by atoms with Crippen LogP contribution in [-0.2, 0) is 14.3 Å². The highest BCUT2D eigenvalue weighted by Gasteiger charge is 2.46. The molecule has 3 rings (SSSR count). The van der Waals surface area contributed by atoms with Crippen molar-refractivity contribution in [1.82, 2.24) is 14.8 Å². The molecule has 0 bridgehead atoms. The van der Waals surface area contributed by atoms with E-state index in [9.17, 15) is 19.5 Å². The smallest absolute Gasteiger partial charge is 0.355 e. The molecule has 0 aliphatic carbocycles. The SMILES string of the molecule is CCOC(=O)c1[nH]c(C)c(C(O)=C2C(=O)C(=O)N(CCCN(CC)CC)[C@@H]2c2ccc(C)cc2)c1C. The number of ether oxygens (including phenoxy) is 1. The van der Waals surface area contributed by atoms with Crippen LogP contribution in [0, 0.1) is 20.8 Å². The molecule has 1 atom stereocenters. The van der Waals surface area contributed by atoms with E-state index in [0.29, 0.717) is 29.8 Å². The summed E-state index contributed by atoms with van der Waals surface area (Å²) in [5.41, 5.74) is 3.39. The van der Waals surface area contributed by atoms with E-state index in [1.165, 1.54) is 0 Å². The van der Waals surface area contributed by atoms with Crippen molar-refractivity contribution in [3.63, 3.8) is 0 Å². The van der Waals surface area contributed by atoms with Gasteiger partial charge in [-0.15, -0.1) is 0 Å². The number of ketones is 1. The zero-order chi connectivity index (χ0) is 26.6. The van der Waals surface area contributed by atoms with Crippen molar-refractivity contribution < 1.29 is 24.2 Å². The monoisotopic (exact) mass is 495 g/mol. The second-order valence-corrected chi connectivity index (χ2v) is 9.13. The molecule has 8 nitrogen and oxygen atoms in total. The summed E-state index contributed by atoms with van der Waals surface area (Å²) in [6.45, 7) is 14.5. The van der Waals surface area contributed by atoms with E-state index >= 15 is 0 Å². The second kappa shape index (κ2) is 11.6. The van der Waals surface area contributed by atoms with Crippen LogP contribution < -0.4 is 0 Å². The van der Waals surface area contributed by atoms with Crippen LogP contribution in [0.2, 0.25) is 0 Å². The summed E-state index contributed by atoms with van der Waals surface area (Å²) in [6, 6.07) is 6.91. The second-order valence-electron chi connectivity index (χ2n) is 9.13. The van der Waals surface area contributed by atoms with E-state index in [2.05, 4.69) is 23.7 Å². The number of aliphatic hydroxyl groups excluding tert-OH is 1. The number of esters is 1. The zero-order valence-electron chi connectivity index (χ0n) is 22.1. The molecule has 0 radical (unpaired) electrons. The first-order valence-electron chi connectivity index (χ1n) is 12.6. The first-order valence-corrected chi connectivity index (χ1v) is 12.6. The molecule has 194 valence electrons. The molecule has 0 saturated carbocycles. The van der Waals surface area contributed by atoms with Gasteiger partial charge in [-0.2, -0.15) is 0 Å². The summed E-state index contributed by atoms with van der Waals surface area (Å²) < 4.78 is 5.12. The van der Waals surface area contributed by atoms with E-state index in [-0.39, 0.29) is 23.6 Å². The third kappa shape index (κ3) is 5.23. The lowest BCUT2D eigenvalue weighted by molar-refractivity contribution is -0.140. The number of aromatic amines is 1. The van der Waals surface area contributed by atoms with Crippen LogP contribution >= 0.6 is 0 Å². The number of nitrogens with one attached hydrogen (secondary N) is 1. The van der Waals surface area contributed by atoms with Crippen molar-refractivity contribution in [3.8, 4) is 0 Å². The van der Waals surface area contributed by atoms with Crippen molar-refractivity contribution in [2.75, 3.05) is 32.8 Å². The van der Waals surface area contributed by atoms with Crippen LogP contribution in [0.4, 0.5) is 0 Å². The fourth-order valence-electron chi connectivity index (χ4n) is 4.86. The summed E-state index contributed by atoms with van der Waals surface area (Å²) in [5, 5.41) is 11.5. The lowest BCUT2D eigenvalue weighted by Crippen LogP contribution is -2.33. The number of hydrogen-bond acceptors (Lipinski definition) is 6. The van der Waals surface area contributed by atoms with Gasteiger partial charge < -0.3 is 24.6 Å². The van der Waals surface area contributed by atoms with Gasteiger partial charge in [0, 0.05) is 17.8 Å². The number of carbonyl (C=O) groups excluding carboxylic acids is 3. The van der Waals surface area contributed by atoms with Gasteiger partial charge in [-0.3, -0.25) is 9.59 Å². The predicted molar refractivity (Wildman–Crippen MR) is 139 cm³/mol. The minimum absolute atomic E-state index is 0.0345. The maximum atomic E-state index is 13.3. The van der Waals surface area contributed by atoms with Crippen molar-refractivity contribution in [2.45, 2.75) is 54.0 Å². The number of aliphatic hydroxyl groups is 1. The summed E-state index contributed by atoms with van der Waals surface area (Å²) in [7, 11) is 0. The van der Waals surface area contributed by atoms with E-state index in [1.807, 2.05) is 31.2 Å². The molecule has 1 amide bonds. The molecular weight excluding hydrogens is 458 g/mol. The number of Topliss-reactive ketones (excluding diaryl/α,β-unsaturated/α-hetero) is 1. The van der Waals surface area contributed by atoms with Gasteiger partial charge in [-0.25, -0.2) is 4.79 Å². The van der Waals surface area contributed by atoms with Gasteiger partial charge in [0.1, 0.15) is 11.5 Å². The number of rotatable bonds is 10. The van der Waals surface area contributed by atoms with Gasteiger partial charge in [-0.05, 0) is 64.9 Å². The fourth-order valence-corrected chi connectivity index (χ4v) is 4.86. The standard InChI is InChI=1S/C28H37N3O5/c1-7-30(8-2)15-10-16-31-24(20-13-11-17(4)12-14-20)22(26(33)27(31)34)25(32)21-18(5)23(29-19(21)6)28(35)36-9-3/h11-14,24,29,32H,7-10,15-16H2,1-6H3/t24-/m1/s1. The molecule has 8 heteroatoms. The topological polar surface area (TPSA) is 103 Å². The Labute approximate surface area is 212 Å². The van der Waals surface area contributed by atoms with Crippen LogP contribution in [-0.4, -0.2) is 70.3 Å². The van der Waals surface area contributed by atoms with Crippen LogP contribution in [0.1, 0.15) is 71.7 Å². The molecule has 2 aromatic rings. The summed E-state index contributed by atoms with van der Waals surface area (Å²) in [4.78, 5) is 45.8. The lowest BCUT2D eigenvalue weighted by Gasteiger charge is -2.27. The maximum absolute atomic E-state index is 13.3. The number of aryl methyl sites for hydroxylation is 2. The molecular formula is C28H37N3O5. The molecule has 36 heavy (non-hydrogen) atoms. The minimum Gasteiger partial charge on any atom is -0.507 e. The van der Waals surface area contributed by atoms with Gasteiger partial charge in [-0.1, -0.05) is 43.7 Å². The number of aromatic nitrogens is 1. The number of nitrogens with zero attached hydrogens (tertiary/aromatic N) is 2. The van der Waals surface area contributed by atoms with Crippen molar-refractivity contribution in [2.24, 2.45) is 0 Å². The summed E-state index contributed by atoms with van der Waals surface area (Å²) in [6.07, 6.45) is 0.701. The Balaban J connectivity index is 2.10.